The fourth-order valence-electron chi connectivity index (χ4n) is 2.75. The van der Waals surface area contributed by atoms with Gasteiger partial charge in [0, 0.05) is 17.2 Å². The molecule has 102 valence electrons. The van der Waals surface area contributed by atoms with Crippen LogP contribution in [0.5, 0.6) is 0 Å². The molecular formula is C17H16BrNO. The summed E-state index contributed by atoms with van der Waals surface area (Å²) in [6.45, 7) is 2.07. The number of fused-ring (bicyclic) bond motifs is 1. The van der Waals surface area contributed by atoms with Gasteiger partial charge in [-0.25, -0.2) is 0 Å². The number of nitrogens with zero attached hydrogens (tertiary/aromatic N) is 1. The van der Waals surface area contributed by atoms with E-state index in [0.29, 0.717) is 0 Å². The first-order chi connectivity index (χ1) is 9.56. The lowest BCUT2D eigenvalue weighted by Gasteiger charge is -2.11. The summed E-state index contributed by atoms with van der Waals surface area (Å²) in [4.78, 5) is 14.2. The van der Waals surface area contributed by atoms with E-state index >= 15 is 0 Å². The number of carbonyl (C=O) groups excluding carboxylic acids is 1. The number of aryl methyl sites for hydroxylation is 1. The van der Waals surface area contributed by atoms with Gasteiger partial charge in [-0.1, -0.05) is 45.8 Å². The van der Waals surface area contributed by atoms with Crippen LogP contribution in [-0.2, 0) is 11.2 Å². The lowest BCUT2D eigenvalue weighted by atomic mass is 9.93. The number of amides is 1. The van der Waals surface area contributed by atoms with Gasteiger partial charge in [-0.15, -0.1) is 0 Å². The SMILES string of the molecule is Cc1ccc(C[C@H]2C(=O)N(C)c3ccc(Br)cc32)cc1. The molecule has 0 spiro atoms. The standard InChI is InChI=1S/C17H16BrNO/c1-11-3-5-12(6-4-11)9-15-14-10-13(18)7-8-16(14)19(2)17(15)20/h3-8,10,15H,9H2,1-2H3/t15-/m1/s1. The average molecular weight is 330 g/mol. The molecule has 1 aliphatic heterocycles. The Balaban J connectivity index is 1.96. The van der Waals surface area contributed by atoms with Gasteiger partial charge < -0.3 is 4.90 Å². The number of anilines is 1. The second kappa shape index (κ2) is 5.06. The Bertz CT molecular complexity index is 663. The van der Waals surface area contributed by atoms with Crippen LogP contribution in [0.15, 0.2) is 46.9 Å². The Hall–Kier alpha value is -1.61. The maximum atomic E-state index is 12.5. The van der Waals surface area contributed by atoms with E-state index in [2.05, 4.69) is 53.2 Å². The van der Waals surface area contributed by atoms with Gasteiger partial charge in [0.2, 0.25) is 5.91 Å². The molecule has 0 aromatic heterocycles. The fraction of sp³-hybridized carbons (Fsp3) is 0.235. The summed E-state index contributed by atoms with van der Waals surface area (Å²) >= 11 is 3.50. The van der Waals surface area contributed by atoms with Crippen molar-refractivity contribution in [3.05, 3.63) is 63.6 Å². The number of rotatable bonds is 2. The number of benzene rings is 2. The maximum absolute atomic E-state index is 12.5. The van der Waals surface area contributed by atoms with Crippen LogP contribution in [0.2, 0.25) is 0 Å². The second-order valence-corrected chi connectivity index (χ2v) is 6.26. The summed E-state index contributed by atoms with van der Waals surface area (Å²) < 4.78 is 1.02. The molecule has 0 fully saturated rings. The second-order valence-electron chi connectivity index (χ2n) is 5.34. The van der Waals surface area contributed by atoms with E-state index < -0.39 is 0 Å². The van der Waals surface area contributed by atoms with Crippen molar-refractivity contribution < 1.29 is 4.79 Å². The van der Waals surface area contributed by atoms with Crippen molar-refractivity contribution in [3.8, 4) is 0 Å². The molecule has 1 heterocycles. The first kappa shape index (κ1) is 13.4. The topological polar surface area (TPSA) is 20.3 Å². The Labute approximate surface area is 127 Å². The summed E-state index contributed by atoms with van der Waals surface area (Å²) in [7, 11) is 1.85. The Kier molecular flexibility index (Phi) is 3.38. The molecule has 0 unspecified atom stereocenters. The van der Waals surface area contributed by atoms with E-state index in [1.807, 2.05) is 19.2 Å². The highest BCUT2D eigenvalue weighted by Gasteiger charge is 2.35. The number of carbonyl (C=O) groups is 1. The quantitative estimate of drug-likeness (QED) is 0.813. The molecule has 0 saturated heterocycles. The van der Waals surface area contributed by atoms with Crippen molar-refractivity contribution in [2.24, 2.45) is 0 Å². The van der Waals surface area contributed by atoms with Gasteiger partial charge in [0.15, 0.2) is 0 Å². The van der Waals surface area contributed by atoms with E-state index in [-0.39, 0.29) is 11.8 Å². The van der Waals surface area contributed by atoms with E-state index in [0.717, 1.165) is 22.1 Å². The predicted molar refractivity (Wildman–Crippen MR) is 85.2 cm³/mol. The lowest BCUT2D eigenvalue weighted by molar-refractivity contribution is -0.119. The highest BCUT2D eigenvalue weighted by molar-refractivity contribution is 9.10. The largest absolute Gasteiger partial charge is 0.315 e. The predicted octanol–water partition coefficient (Wildman–Crippen LogP) is 4.06. The molecule has 0 aliphatic carbocycles. The molecule has 20 heavy (non-hydrogen) atoms. The van der Waals surface area contributed by atoms with Crippen LogP contribution in [0.3, 0.4) is 0 Å². The number of hydrogen-bond donors (Lipinski definition) is 0. The molecule has 3 heteroatoms. The fourth-order valence-corrected chi connectivity index (χ4v) is 3.13. The molecule has 0 saturated carbocycles. The Morgan fingerprint density at radius 1 is 1.15 bits per heavy atom. The zero-order valence-electron chi connectivity index (χ0n) is 11.6. The van der Waals surface area contributed by atoms with Crippen LogP contribution < -0.4 is 4.90 Å². The van der Waals surface area contributed by atoms with E-state index in [1.54, 1.807) is 4.90 Å². The lowest BCUT2D eigenvalue weighted by Crippen LogP contribution is -2.24. The summed E-state index contributed by atoms with van der Waals surface area (Å²) in [5, 5.41) is 0. The Morgan fingerprint density at radius 3 is 2.55 bits per heavy atom. The van der Waals surface area contributed by atoms with Crippen molar-refractivity contribution in [1.82, 2.24) is 0 Å². The van der Waals surface area contributed by atoms with Crippen LogP contribution in [0.25, 0.3) is 0 Å². The molecule has 0 radical (unpaired) electrons. The highest BCUT2D eigenvalue weighted by Crippen LogP contribution is 2.39. The minimum atomic E-state index is -0.0739. The molecule has 1 aliphatic rings. The van der Waals surface area contributed by atoms with Gasteiger partial charge in [-0.05, 0) is 42.7 Å². The van der Waals surface area contributed by atoms with Crippen LogP contribution >= 0.6 is 15.9 Å². The molecule has 0 bridgehead atoms. The van der Waals surface area contributed by atoms with Crippen molar-refractivity contribution >= 4 is 27.5 Å². The van der Waals surface area contributed by atoms with Gasteiger partial charge in [0.1, 0.15) is 0 Å². The normalized spacial score (nSPS) is 17.4. The van der Waals surface area contributed by atoms with Crippen molar-refractivity contribution in [2.75, 3.05) is 11.9 Å². The minimum absolute atomic E-state index is 0.0739. The summed E-state index contributed by atoms with van der Waals surface area (Å²) in [6, 6.07) is 14.5. The number of likely N-dealkylation sites (N-methyl/N-ethyl adjacent to an activating group) is 1. The first-order valence-corrected chi connectivity index (χ1v) is 7.48. The van der Waals surface area contributed by atoms with Gasteiger partial charge in [-0.3, -0.25) is 4.79 Å². The Morgan fingerprint density at radius 2 is 1.85 bits per heavy atom. The van der Waals surface area contributed by atoms with Gasteiger partial charge in [-0.2, -0.15) is 0 Å². The molecule has 1 atom stereocenters. The molecule has 2 nitrogen and oxygen atoms in total. The van der Waals surface area contributed by atoms with E-state index in [1.165, 1.54) is 11.1 Å². The number of halogens is 1. The number of hydrogen-bond acceptors (Lipinski definition) is 1. The molecule has 0 N–H and O–H groups in total. The van der Waals surface area contributed by atoms with E-state index in [4.69, 9.17) is 0 Å². The minimum Gasteiger partial charge on any atom is -0.315 e. The van der Waals surface area contributed by atoms with Crippen LogP contribution in [0.4, 0.5) is 5.69 Å². The molecule has 3 rings (SSSR count). The average Bonchev–Trinajstić information content (AvgIpc) is 2.66. The molecule has 2 aromatic carbocycles. The summed E-state index contributed by atoms with van der Waals surface area (Å²) in [5.41, 5.74) is 4.59. The van der Waals surface area contributed by atoms with Gasteiger partial charge >= 0.3 is 0 Å². The third-order valence-corrected chi connectivity index (χ3v) is 4.41. The maximum Gasteiger partial charge on any atom is 0.234 e. The molecular weight excluding hydrogens is 314 g/mol. The van der Waals surface area contributed by atoms with Crippen LogP contribution in [-0.4, -0.2) is 13.0 Å². The molecule has 2 aromatic rings. The zero-order valence-corrected chi connectivity index (χ0v) is 13.1. The van der Waals surface area contributed by atoms with Crippen LogP contribution in [0.1, 0.15) is 22.6 Å². The van der Waals surface area contributed by atoms with Crippen molar-refractivity contribution in [2.45, 2.75) is 19.3 Å². The summed E-state index contributed by atoms with van der Waals surface area (Å²) in [5.74, 6) is 0.105. The van der Waals surface area contributed by atoms with Gasteiger partial charge in [0.25, 0.3) is 0 Å². The summed E-state index contributed by atoms with van der Waals surface area (Å²) in [6.07, 6.45) is 0.757. The van der Waals surface area contributed by atoms with Gasteiger partial charge in [0.05, 0.1) is 5.92 Å². The van der Waals surface area contributed by atoms with E-state index in [9.17, 15) is 4.79 Å². The monoisotopic (exact) mass is 329 g/mol. The van der Waals surface area contributed by atoms with Crippen LogP contribution in [0, 0.1) is 6.92 Å². The smallest absolute Gasteiger partial charge is 0.234 e. The first-order valence-electron chi connectivity index (χ1n) is 6.69. The molecule has 1 amide bonds. The third kappa shape index (κ3) is 2.27. The van der Waals surface area contributed by atoms with Crippen molar-refractivity contribution in [3.63, 3.8) is 0 Å². The third-order valence-electron chi connectivity index (χ3n) is 3.92. The highest BCUT2D eigenvalue weighted by atomic mass is 79.9. The van der Waals surface area contributed by atoms with Crippen molar-refractivity contribution in [1.29, 1.82) is 0 Å². The zero-order chi connectivity index (χ0) is 14.3.